The second-order valence-electron chi connectivity index (χ2n) is 10.9. The highest BCUT2D eigenvalue weighted by Crippen LogP contribution is 2.41. The molecule has 0 saturated carbocycles. The molecule has 1 saturated heterocycles. The van der Waals surface area contributed by atoms with Crippen molar-refractivity contribution in [2.24, 2.45) is 5.41 Å². The van der Waals surface area contributed by atoms with Crippen molar-refractivity contribution in [3.63, 3.8) is 0 Å². The van der Waals surface area contributed by atoms with E-state index in [0.29, 0.717) is 31.9 Å². The van der Waals surface area contributed by atoms with Gasteiger partial charge in [0.15, 0.2) is 5.82 Å². The fourth-order valence-corrected chi connectivity index (χ4v) is 4.94. The number of carboxylic acid groups (broad SMARTS) is 1. The molecule has 0 unspecified atom stereocenters. The molecule has 1 aromatic carbocycles. The van der Waals surface area contributed by atoms with Gasteiger partial charge in [-0.3, -0.25) is 9.69 Å². The summed E-state index contributed by atoms with van der Waals surface area (Å²) < 4.78 is 0. The third-order valence-electron chi connectivity index (χ3n) is 7.54. The van der Waals surface area contributed by atoms with Gasteiger partial charge in [0.25, 0.3) is 5.91 Å². The van der Waals surface area contributed by atoms with Crippen LogP contribution in [0.2, 0.25) is 0 Å². The number of aromatic amines is 1. The molecule has 2 aliphatic rings. The van der Waals surface area contributed by atoms with Crippen LogP contribution in [0.3, 0.4) is 0 Å². The van der Waals surface area contributed by atoms with Crippen molar-refractivity contribution in [2.45, 2.75) is 52.5 Å². The highest BCUT2D eigenvalue weighted by atomic mass is 16.4. The molecule has 1 aliphatic heterocycles. The molecule has 4 rings (SSSR count). The van der Waals surface area contributed by atoms with Gasteiger partial charge in [-0.25, -0.2) is 9.78 Å². The third kappa shape index (κ3) is 5.29. The quantitative estimate of drug-likeness (QED) is 0.560. The molecular weight excluding hydrogens is 456 g/mol. The summed E-state index contributed by atoms with van der Waals surface area (Å²) in [6.07, 6.45) is 5.68. The number of nitrogens with zero attached hydrogens (tertiary/aromatic N) is 4. The lowest BCUT2D eigenvalue weighted by Gasteiger charge is -2.44. The predicted octanol–water partition coefficient (Wildman–Crippen LogP) is 4.66. The van der Waals surface area contributed by atoms with E-state index < -0.39 is 12.0 Å². The molecule has 0 atom stereocenters. The summed E-state index contributed by atoms with van der Waals surface area (Å²) in [6.45, 7) is 11.1. The van der Waals surface area contributed by atoms with E-state index in [9.17, 15) is 14.7 Å². The van der Waals surface area contributed by atoms with Gasteiger partial charge < -0.3 is 20.3 Å². The molecule has 190 valence electrons. The molecule has 36 heavy (non-hydrogen) atoms. The maximum absolute atomic E-state index is 12.9. The summed E-state index contributed by atoms with van der Waals surface area (Å²) in [6, 6.07) is 8.08. The van der Waals surface area contributed by atoms with E-state index in [4.69, 9.17) is 5.26 Å². The first-order chi connectivity index (χ1) is 17.0. The second kappa shape index (κ2) is 9.78. The minimum Gasteiger partial charge on any atom is -0.465 e. The van der Waals surface area contributed by atoms with Crippen LogP contribution in [0.1, 0.15) is 74.4 Å². The van der Waals surface area contributed by atoms with Crippen LogP contribution in [0.15, 0.2) is 30.5 Å². The number of nitriles is 1. The molecular formula is C27H34N6O3. The molecule has 0 spiro atoms. The average molecular weight is 491 g/mol. The first-order valence-corrected chi connectivity index (χ1v) is 12.3. The lowest BCUT2D eigenvalue weighted by molar-refractivity contribution is 0.0500. The van der Waals surface area contributed by atoms with Crippen LogP contribution < -0.4 is 5.32 Å². The summed E-state index contributed by atoms with van der Waals surface area (Å²) in [5, 5.41) is 21.3. The van der Waals surface area contributed by atoms with Crippen LogP contribution in [-0.4, -0.2) is 63.1 Å². The SMILES string of the molecule is CC1(C)CC=C(c2cc(C(C)(C)N3CCN(C(=O)O)CC3)ccc2NC(=O)c2ncc(C#N)[nH]2)CC1. The lowest BCUT2D eigenvalue weighted by atomic mass is 9.76. The Labute approximate surface area is 211 Å². The molecule has 0 bridgehead atoms. The molecule has 2 heterocycles. The molecule has 9 heteroatoms. The summed E-state index contributed by atoms with van der Waals surface area (Å²) in [7, 11) is 0. The number of nitrogens with one attached hydrogen (secondary N) is 2. The number of benzene rings is 1. The van der Waals surface area contributed by atoms with Gasteiger partial charge in [-0.05, 0) is 61.8 Å². The van der Waals surface area contributed by atoms with E-state index in [2.05, 4.69) is 60.0 Å². The smallest absolute Gasteiger partial charge is 0.407 e. The summed E-state index contributed by atoms with van der Waals surface area (Å²) >= 11 is 0. The van der Waals surface area contributed by atoms with Crippen molar-refractivity contribution in [3.8, 4) is 6.07 Å². The number of H-pyrrole nitrogens is 1. The van der Waals surface area contributed by atoms with Crippen molar-refractivity contribution in [2.75, 3.05) is 31.5 Å². The van der Waals surface area contributed by atoms with Crippen LogP contribution in [0.4, 0.5) is 10.5 Å². The third-order valence-corrected chi connectivity index (χ3v) is 7.54. The molecule has 0 radical (unpaired) electrons. The number of carbonyl (C=O) groups is 2. The molecule has 1 fully saturated rings. The number of anilines is 1. The van der Waals surface area contributed by atoms with Gasteiger partial charge in [-0.1, -0.05) is 26.0 Å². The maximum Gasteiger partial charge on any atom is 0.407 e. The van der Waals surface area contributed by atoms with Crippen molar-refractivity contribution in [1.82, 2.24) is 19.8 Å². The molecule has 3 N–H and O–H groups in total. The number of piperazine rings is 1. The molecule has 1 aliphatic carbocycles. The minimum atomic E-state index is -0.875. The Morgan fingerprint density at radius 1 is 1.22 bits per heavy atom. The number of rotatable bonds is 5. The molecule has 1 aromatic heterocycles. The van der Waals surface area contributed by atoms with Gasteiger partial charge in [0.2, 0.25) is 0 Å². The lowest BCUT2D eigenvalue weighted by Crippen LogP contribution is -2.54. The summed E-state index contributed by atoms with van der Waals surface area (Å²) in [4.78, 5) is 34.8. The van der Waals surface area contributed by atoms with Crippen molar-refractivity contribution >= 4 is 23.3 Å². The first kappa shape index (κ1) is 25.5. The number of aromatic nitrogens is 2. The zero-order valence-corrected chi connectivity index (χ0v) is 21.4. The Hall–Kier alpha value is -3.64. The van der Waals surface area contributed by atoms with Gasteiger partial charge in [-0.15, -0.1) is 0 Å². The van der Waals surface area contributed by atoms with Crippen molar-refractivity contribution < 1.29 is 14.7 Å². The Morgan fingerprint density at radius 2 is 1.94 bits per heavy atom. The normalized spacial score (nSPS) is 18.3. The van der Waals surface area contributed by atoms with Crippen molar-refractivity contribution in [1.29, 1.82) is 5.26 Å². The molecule has 2 amide bonds. The Bertz CT molecular complexity index is 1230. The zero-order valence-electron chi connectivity index (χ0n) is 21.4. The topological polar surface area (TPSA) is 125 Å². The zero-order chi connectivity index (χ0) is 26.1. The van der Waals surface area contributed by atoms with Gasteiger partial charge in [0, 0.05) is 43.0 Å². The minimum absolute atomic E-state index is 0.0944. The molecule has 9 nitrogen and oxygen atoms in total. The van der Waals surface area contributed by atoms with E-state index >= 15 is 0 Å². The summed E-state index contributed by atoms with van der Waals surface area (Å²) in [5.41, 5.74) is 4.16. The maximum atomic E-state index is 12.9. The van der Waals surface area contributed by atoms with Gasteiger partial charge in [-0.2, -0.15) is 5.26 Å². The fourth-order valence-electron chi connectivity index (χ4n) is 4.94. The fraction of sp³-hybridized carbons (Fsp3) is 0.481. The number of imidazole rings is 1. The second-order valence-corrected chi connectivity index (χ2v) is 10.9. The van der Waals surface area contributed by atoms with Crippen LogP contribution >= 0.6 is 0 Å². The highest BCUT2D eigenvalue weighted by Gasteiger charge is 2.33. The van der Waals surface area contributed by atoms with Gasteiger partial charge in [0.05, 0.1) is 6.20 Å². The standard InChI is InChI=1S/C27H34N6O3/c1-26(2)9-7-18(8-10-26)21-15-19(27(3,4)33-13-11-32(12-14-33)25(35)36)5-6-22(21)31-24(34)23-29-17-20(16-28)30-23/h5-7,15,17H,8-14H2,1-4H3,(H,29,30)(H,31,34)(H,35,36). The number of hydrogen-bond acceptors (Lipinski definition) is 5. The predicted molar refractivity (Wildman–Crippen MR) is 138 cm³/mol. The highest BCUT2D eigenvalue weighted by molar-refractivity contribution is 6.03. The average Bonchev–Trinajstić information content (AvgIpc) is 3.34. The van der Waals surface area contributed by atoms with E-state index in [1.165, 1.54) is 16.7 Å². The number of allylic oxidation sites excluding steroid dienone is 2. The monoisotopic (exact) mass is 490 g/mol. The van der Waals surface area contributed by atoms with Gasteiger partial charge >= 0.3 is 6.09 Å². The van der Waals surface area contributed by atoms with Crippen LogP contribution in [0.25, 0.3) is 5.57 Å². The molecule has 2 aromatic rings. The Kier molecular flexibility index (Phi) is 6.92. The van der Waals surface area contributed by atoms with Crippen molar-refractivity contribution in [3.05, 3.63) is 53.1 Å². The Morgan fingerprint density at radius 3 is 2.53 bits per heavy atom. The largest absolute Gasteiger partial charge is 0.465 e. The Balaban J connectivity index is 1.65. The van der Waals surface area contributed by atoms with E-state index in [-0.39, 0.29) is 22.5 Å². The van der Waals surface area contributed by atoms with E-state index in [1.54, 1.807) is 0 Å². The van der Waals surface area contributed by atoms with Crippen LogP contribution in [0.5, 0.6) is 0 Å². The van der Waals surface area contributed by atoms with E-state index in [1.807, 2.05) is 18.2 Å². The van der Waals surface area contributed by atoms with Gasteiger partial charge in [0.1, 0.15) is 11.8 Å². The number of amides is 2. The number of hydrogen-bond donors (Lipinski definition) is 3. The number of carbonyl (C=O) groups excluding carboxylic acids is 1. The first-order valence-electron chi connectivity index (χ1n) is 12.3. The summed E-state index contributed by atoms with van der Waals surface area (Å²) in [5.74, 6) is -0.303. The van der Waals surface area contributed by atoms with Crippen LogP contribution in [-0.2, 0) is 5.54 Å². The van der Waals surface area contributed by atoms with Crippen LogP contribution in [0, 0.1) is 16.7 Å². The van der Waals surface area contributed by atoms with E-state index in [0.717, 1.165) is 30.4 Å².